The number of carboxylic acid groups (broad SMARTS) is 1. The van der Waals surface area contributed by atoms with E-state index in [-0.39, 0.29) is 11.3 Å². The van der Waals surface area contributed by atoms with Gasteiger partial charge in [-0.05, 0) is 25.1 Å². The van der Waals surface area contributed by atoms with Gasteiger partial charge in [-0.3, -0.25) is 0 Å². The summed E-state index contributed by atoms with van der Waals surface area (Å²) >= 11 is 0. The van der Waals surface area contributed by atoms with E-state index in [0.717, 1.165) is 18.2 Å². The normalized spacial score (nSPS) is 10.2. The Kier molecular flexibility index (Phi) is 5.92. The van der Waals surface area contributed by atoms with Gasteiger partial charge in [0.1, 0.15) is 5.82 Å². The number of carbonyl (C=O) groups is 2. The zero-order valence-electron chi connectivity index (χ0n) is 11.4. The molecular formula is C13H17FN2O4. The molecule has 0 spiro atoms. The van der Waals surface area contributed by atoms with Gasteiger partial charge in [0.15, 0.2) is 0 Å². The minimum atomic E-state index is -1.19. The molecule has 1 aromatic rings. The first-order chi connectivity index (χ1) is 9.45. The molecule has 0 unspecified atom stereocenters. The second-order valence-corrected chi connectivity index (χ2v) is 4.05. The van der Waals surface area contributed by atoms with E-state index in [0.29, 0.717) is 19.8 Å². The fraction of sp³-hybridized carbons (Fsp3) is 0.385. The molecule has 110 valence electrons. The maximum absolute atomic E-state index is 13.5. The van der Waals surface area contributed by atoms with Crippen LogP contribution in [0.4, 0.5) is 14.9 Å². The predicted octanol–water partition coefficient (Wildman–Crippen LogP) is 2.02. The number of carbonyl (C=O) groups excluding carboxylic acids is 1. The molecular weight excluding hydrogens is 267 g/mol. The number of hydrogen-bond acceptors (Lipinski definition) is 3. The number of hydrogen-bond donors (Lipinski definition) is 2. The zero-order chi connectivity index (χ0) is 15.1. The van der Waals surface area contributed by atoms with Crippen molar-refractivity contribution >= 4 is 17.7 Å². The lowest BCUT2D eigenvalue weighted by molar-refractivity contribution is 0.0697. The number of likely N-dealkylation sites (N-methyl/N-ethyl adjacent to an activating group) is 1. The molecule has 20 heavy (non-hydrogen) atoms. The van der Waals surface area contributed by atoms with Crippen LogP contribution in [0, 0.1) is 5.82 Å². The third-order valence-electron chi connectivity index (χ3n) is 2.58. The molecule has 0 atom stereocenters. The molecule has 0 radical (unpaired) electrons. The summed E-state index contributed by atoms with van der Waals surface area (Å²) in [4.78, 5) is 23.9. The van der Waals surface area contributed by atoms with Gasteiger partial charge in [0.25, 0.3) is 0 Å². The number of nitrogens with one attached hydrogen (secondary N) is 1. The highest BCUT2D eigenvalue weighted by Crippen LogP contribution is 2.16. The Bertz CT molecular complexity index is 493. The molecule has 6 nitrogen and oxygen atoms in total. The predicted molar refractivity (Wildman–Crippen MR) is 71.5 cm³/mol. The maximum Gasteiger partial charge on any atom is 0.335 e. The second-order valence-electron chi connectivity index (χ2n) is 4.05. The lowest BCUT2D eigenvalue weighted by Gasteiger charge is -2.18. The van der Waals surface area contributed by atoms with Crippen LogP contribution in [0.2, 0.25) is 0 Å². The van der Waals surface area contributed by atoms with Crippen LogP contribution in [0.15, 0.2) is 18.2 Å². The largest absolute Gasteiger partial charge is 0.478 e. The summed E-state index contributed by atoms with van der Waals surface area (Å²) in [6.07, 6.45) is 0. The number of halogens is 1. The molecule has 0 bridgehead atoms. The minimum absolute atomic E-state index is 0.0985. The topological polar surface area (TPSA) is 78.9 Å². The van der Waals surface area contributed by atoms with E-state index in [1.807, 2.05) is 6.92 Å². The van der Waals surface area contributed by atoms with E-state index in [4.69, 9.17) is 9.84 Å². The van der Waals surface area contributed by atoms with E-state index < -0.39 is 17.8 Å². The van der Waals surface area contributed by atoms with Gasteiger partial charge in [-0.15, -0.1) is 0 Å². The molecule has 2 amide bonds. The second kappa shape index (κ2) is 7.44. The first-order valence-electron chi connectivity index (χ1n) is 6.08. The summed E-state index contributed by atoms with van der Waals surface area (Å²) in [7, 11) is 1.54. The van der Waals surface area contributed by atoms with Crippen LogP contribution in [0.5, 0.6) is 0 Å². The SMILES string of the molecule is CCOCCN(C)C(=O)Nc1cc(C(=O)O)ccc1F. The van der Waals surface area contributed by atoms with Crippen molar-refractivity contribution in [3.05, 3.63) is 29.6 Å². The summed E-state index contributed by atoms with van der Waals surface area (Å²) in [6, 6.07) is 2.67. The lowest BCUT2D eigenvalue weighted by atomic mass is 10.2. The van der Waals surface area contributed by atoms with Gasteiger partial charge in [0.2, 0.25) is 0 Å². The van der Waals surface area contributed by atoms with Gasteiger partial charge < -0.3 is 20.1 Å². The molecule has 2 N–H and O–H groups in total. The first kappa shape index (κ1) is 15.9. The average Bonchev–Trinajstić information content (AvgIpc) is 2.41. The third-order valence-corrected chi connectivity index (χ3v) is 2.58. The van der Waals surface area contributed by atoms with Crippen molar-refractivity contribution in [2.45, 2.75) is 6.92 Å². The quantitative estimate of drug-likeness (QED) is 0.783. The van der Waals surface area contributed by atoms with Crippen molar-refractivity contribution in [3.63, 3.8) is 0 Å². The molecule has 0 aliphatic heterocycles. The summed E-state index contributed by atoms with van der Waals surface area (Å²) in [5, 5.41) is 11.1. The van der Waals surface area contributed by atoms with Gasteiger partial charge in [0, 0.05) is 20.2 Å². The number of urea groups is 1. The van der Waals surface area contributed by atoms with Crippen molar-refractivity contribution in [2.24, 2.45) is 0 Å². The Morgan fingerprint density at radius 2 is 2.15 bits per heavy atom. The Labute approximate surface area is 116 Å². The van der Waals surface area contributed by atoms with Crippen molar-refractivity contribution in [2.75, 3.05) is 32.1 Å². The molecule has 0 saturated heterocycles. The number of amides is 2. The van der Waals surface area contributed by atoms with E-state index >= 15 is 0 Å². The molecule has 0 aliphatic rings. The molecule has 0 saturated carbocycles. The van der Waals surface area contributed by atoms with Gasteiger partial charge in [-0.1, -0.05) is 0 Å². The molecule has 7 heteroatoms. The number of ether oxygens (including phenoxy) is 1. The summed E-state index contributed by atoms with van der Waals surface area (Å²) in [6.45, 7) is 3.11. The van der Waals surface area contributed by atoms with E-state index in [2.05, 4.69) is 5.32 Å². The van der Waals surface area contributed by atoms with Gasteiger partial charge in [-0.2, -0.15) is 0 Å². The number of anilines is 1. The van der Waals surface area contributed by atoms with Crippen LogP contribution in [0.1, 0.15) is 17.3 Å². The van der Waals surface area contributed by atoms with Gasteiger partial charge >= 0.3 is 12.0 Å². The summed E-state index contributed by atoms with van der Waals surface area (Å²) in [5.41, 5.74) is -0.267. The molecule has 0 fully saturated rings. The highest BCUT2D eigenvalue weighted by Gasteiger charge is 2.13. The van der Waals surface area contributed by atoms with Gasteiger partial charge in [-0.25, -0.2) is 14.0 Å². The molecule has 1 aromatic carbocycles. The maximum atomic E-state index is 13.5. The van der Waals surface area contributed by atoms with Crippen LogP contribution >= 0.6 is 0 Å². The van der Waals surface area contributed by atoms with Crippen LogP contribution in [0.3, 0.4) is 0 Å². The van der Waals surface area contributed by atoms with E-state index in [1.165, 1.54) is 11.9 Å². The standard InChI is InChI=1S/C13H17FN2O4/c1-3-20-7-6-16(2)13(19)15-11-8-9(12(17)18)4-5-10(11)14/h4-5,8H,3,6-7H2,1-2H3,(H,15,19)(H,17,18). The monoisotopic (exact) mass is 284 g/mol. The van der Waals surface area contributed by atoms with E-state index in [1.54, 1.807) is 0 Å². The van der Waals surface area contributed by atoms with Crippen LogP contribution in [-0.4, -0.2) is 48.8 Å². The fourth-order valence-corrected chi connectivity index (χ4v) is 1.41. The van der Waals surface area contributed by atoms with Crippen molar-refractivity contribution < 1.29 is 23.8 Å². The number of benzene rings is 1. The van der Waals surface area contributed by atoms with Crippen LogP contribution in [0.25, 0.3) is 0 Å². The molecule has 0 aromatic heterocycles. The number of carboxylic acids is 1. The molecule has 0 heterocycles. The van der Waals surface area contributed by atoms with Gasteiger partial charge in [0.05, 0.1) is 17.9 Å². The fourth-order valence-electron chi connectivity index (χ4n) is 1.41. The lowest BCUT2D eigenvalue weighted by Crippen LogP contribution is -2.34. The smallest absolute Gasteiger partial charge is 0.335 e. The average molecular weight is 284 g/mol. The van der Waals surface area contributed by atoms with Crippen molar-refractivity contribution in [1.29, 1.82) is 0 Å². The third kappa shape index (κ3) is 4.51. The molecule has 1 rings (SSSR count). The first-order valence-corrected chi connectivity index (χ1v) is 6.08. The highest BCUT2D eigenvalue weighted by molar-refractivity contribution is 5.93. The van der Waals surface area contributed by atoms with Crippen molar-refractivity contribution in [3.8, 4) is 0 Å². The van der Waals surface area contributed by atoms with Crippen molar-refractivity contribution in [1.82, 2.24) is 4.90 Å². The number of rotatable bonds is 6. The van der Waals surface area contributed by atoms with Crippen LogP contribution < -0.4 is 5.32 Å². The van der Waals surface area contributed by atoms with Crippen LogP contribution in [-0.2, 0) is 4.74 Å². The minimum Gasteiger partial charge on any atom is -0.478 e. The summed E-state index contributed by atoms with van der Waals surface area (Å²) < 4.78 is 18.6. The number of nitrogens with zero attached hydrogens (tertiary/aromatic N) is 1. The summed E-state index contributed by atoms with van der Waals surface area (Å²) in [5.74, 6) is -1.88. The Morgan fingerprint density at radius 3 is 2.75 bits per heavy atom. The Balaban J connectivity index is 2.69. The zero-order valence-corrected chi connectivity index (χ0v) is 11.4. The Morgan fingerprint density at radius 1 is 1.45 bits per heavy atom. The molecule has 0 aliphatic carbocycles. The number of aromatic carboxylic acids is 1. The van der Waals surface area contributed by atoms with E-state index in [9.17, 15) is 14.0 Å². The Hall–Kier alpha value is -2.15. The highest BCUT2D eigenvalue weighted by atomic mass is 19.1.